The van der Waals surface area contributed by atoms with Crippen LogP contribution in [-0.4, -0.2) is 14.2 Å². The lowest BCUT2D eigenvalue weighted by atomic mass is 10.2. The summed E-state index contributed by atoms with van der Waals surface area (Å²) < 4.78 is 10.0. The second-order valence-corrected chi connectivity index (χ2v) is 4.93. The smallest absolute Gasteiger partial charge is 0.137 e. The maximum absolute atomic E-state index is 5.88. The highest BCUT2D eigenvalue weighted by atomic mass is 35.5. The molecule has 0 unspecified atom stereocenters. The predicted molar refractivity (Wildman–Crippen MR) is 89.8 cm³/mol. The normalized spacial score (nSPS) is 9.57. The van der Waals surface area contributed by atoms with Gasteiger partial charge >= 0.3 is 0 Å². The van der Waals surface area contributed by atoms with Crippen molar-refractivity contribution in [3.63, 3.8) is 0 Å². The van der Waals surface area contributed by atoms with Crippen molar-refractivity contribution >= 4 is 11.6 Å². The average molecular weight is 307 g/mol. The minimum absolute atomic E-state index is 0.687. The summed E-state index contributed by atoms with van der Waals surface area (Å²) in [5, 5.41) is 0.687. The van der Waals surface area contributed by atoms with Crippen molar-refractivity contribution < 1.29 is 9.47 Å². The van der Waals surface area contributed by atoms with Gasteiger partial charge in [0.05, 0.1) is 19.2 Å². The highest BCUT2D eigenvalue weighted by Gasteiger charge is 1.99. The van der Waals surface area contributed by atoms with Crippen LogP contribution in [0.3, 0.4) is 0 Å². The lowest BCUT2D eigenvalue weighted by molar-refractivity contribution is 0.414. The molecule has 21 heavy (non-hydrogen) atoms. The molecule has 0 bridgehead atoms. The van der Waals surface area contributed by atoms with Crippen molar-refractivity contribution in [2.45, 2.75) is 26.7 Å². The van der Waals surface area contributed by atoms with Crippen LogP contribution in [0, 0.1) is 0 Å². The third-order valence-electron chi connectivity index (χ3n) is 3.19. The molecule has 0 spiro atoms. The fourth-order valence-corrected chi connectivity index (χ4v) is 2.07. The Labute approximate surface area is 132 Å². The van der Waals surface area contributed by atoms with Crippen molar-refractivity contribution in [1.29, 1.82) is 0 Å². The van der Waals surface area contributed by atoms with Gasteiger partial charge in [0.2, 0.25) is 0 Å². The Hall–Kier alpha value is -1.67. The van der Waals surface area contributed by atoms with E-state index in [1.807, 2.05) is 30.3 Å². The minimum Gasteiger partial charge on any atom is -0.497 e. The van der Waals surface area contributed by atoms with Gasteiger partial charge in [-0.2, -0.15) is 0 Å². The first-order valence-electron chi connectivity index (χ1n) is 7.09. The molecule has 0 saturated heterocycles. The molecule has 0 aliphatic heterocycles. The van der Waals surface area contributed by atoms with Gasteiger partial charge in [-0.05, 0) is 48.2 Å². The van der Waals surface area contributed by atoms with Gasteiger partial charge in [0.25, 0.3) is 0 Å². The quantitative estimate of drug-likeness (QED) is 0.776. The number of aryl methyl sites for hydroxylation is 2. The summed E-state index contributed by atoms with van der Waals surface area (Å²) >= 11 is 5.88. The van der Waals surface area contributed by atoms with E-state index >= 15 is 0 Å². The number of hydrogen-bond acceptors (Lipinski definition) is 2. The molecule has 3 heteroatoms. The van der Waals surface area contributed by atoms with Crippen molar-refractivity contribution in [3.8, 4) is 11.5 Å². The van der Waals surface area contributed by atoms with E-state index in [4.69, 9.17) is 21.1 Å². The van der Waals surface area contributed by atoms with E-state index in [1.165, 1.54) is 11.1 Å². The molecule has 2 rings (SSSR count). The van der Waals surface area contributed by atoms with Crippen LogP contribution in [0.25, 0.3) is 0 Å². The number of benzene rings is 2. The van der Waals surface area contributed by atoms with E-state index in [-0.39, 0.29) is 0 Å². The zero-order valence-electron chi connectivity index (χ0n) is 13.2. The Morgan fingerprint density at radius 3 is 1.81 bits per heavy atom. The van der Waals surface area contributed by atoms with Crippen LogP contribution >= 0.6 is 11.6 Å². The van der Waals surface area contributed by atoms with Crippen molar-refractivity contribution in [2.24, 2.45) is 0 Å². The first-order valence-corrected chi connectivity index (χ1v) is 7.47. The fourth-order valence-electron chi connectivity index (χ4n) is 1.79. The zero-order chi connectivity index (χ0) is 15.7. The summed E-state index contributed by atoms with van der Waals surface area (Å²) in [5.41, 5.74) is 2.58. The number of ether oxygens (including phenoxy) is 2. The Morgan fingerprint density at radius 2 is 1.38 bits per heavy atom. The Kier molecular flexibility index (Phi) is 7.70. The van der Waals surface area contributed by atoms with Gasteiger partial charge in [0.15, 0.2) is 0 Å². The number of rotatable bonds is 4. The molecule has 0 fully saturated rings. The molecule has 0 amide bonds. The van der Waals surface area contributed by atoms with Crippen molar-refractivity contribution in [1.82, 2.24) is 0 Å². The fraction of sp³-hybridized carbons (Fsp3) is 0.333. The van der Waals surface area contributed by atoms with Crippen LogP contribution in [0.15, 0.2) is 42.5 Å². The van der Waals surface area contributed by atoms with E-state index in [0.29, 0.717) is 5.02 Å². The topological polar surface area (TPSA) is 18.5 Å². The molecule has 2 aromatic rings. The first kappa shape index (κ1) is 17.4. The van der Waals surface area contributed by atoms with Crippen LogP contribution < -0.4 is 9.47 Å². The van der Waals surface area contributed by atoms with E-state index < -0.39 is 0 Å². The van der Waals surface area contributed by atoms with Gasteiger partial charge in [-0.25, -0.2) is 0 Å². The molecule has 0 aliphatic carbocycles. The molecule has 0 N–H and O–H groups in total. The summed E-state index contributed by atoms with van der Waals surface area (Å²) in [6.45, 7) is 4.24. The molecule has 0 aromatic heterocycles. The van der Waals surface area contributed by atoms with Gasteiger partial charge in [-0.1, -0.05) is 43.6 Å². The Bertz CT molecular complexity index is 512. The lowest BCUT2D eigenvalue weighted by Crippen LogP contribution is -1.85. The van der Waals surface area contributed by atoms with Crippen LogP contribution in [-0.2, 0) is 12.8 Å². The molecule has 0 saturated carbocycles. The molecular weight excluding hydrogens is 284 g/mol. The third-order valence-corrected chi connectivity index (χ3v) is 3.49. The second kappa shape index (κ2) is 9.30. The SMILES string of the molecule is CCc1ccc(OC)c(Cl)c1.CCc1ccc(OC)cc1. The highest BCUT2D eigenvalue weighted by Crippen LogP contribution is 2.24. The predicted octanol–water partition coefficient (Wildman–Crippen LogP) is 5.17. The lowest BCUT2D eigenvalue weighted by Gasteiger charge is -2.03. The summed E-state index contributed by atoms with van der Waals surface area (Å²) in [6.07, 6.45) is 2.09. The van der Waals surface area contributed by atoms with Gasteiger partial charge < -0.3 is 9.47 Å². The summed E-state index contributed by atoms with van der Waals surface area (Å²) in [5.74, 6) is 1.67. The van der Waals surface area contributed by atoms with Crippen LogP contribution in [0.2, 0.25) is 5.02 Å². The second-order valence-electron chi connectivity index (χ2n) is 4.52. The van der Waals surface area contributed by atoms with E-state index in [9.17, 15) is 0 Å². The number of halogens is 1. The highest BCUT2D eigenvalue weighted by molar-refractivity contribution is 6.32. The molecule has 0 aliphatic rings. The van der Waals surface area contributed by atoms with Crippen LogP contribution in [0.4, 0.5) is 0 Å². The molecular formula is C18H23ClO2. The first-order chi connectivity index (χ1) is 10.1. The Balaban J connectivity index is 0.000000211. The molecule has 114 valence electrons. The molecule has 2 aromatic carbocycles. The van der Waals surface area contributed by atoms with Crippen molar-refractivity contribution in [3.05, 3.63) is 58.6 Å². The number of methoxy groups -OCH3 is 2. The van der Waals surface area contributed by atoms with E-state index in [0.717, 1.165) is 24.3 Å². The molecule has 0 heterocycles. The van der Waals surface area contributed by atoms with E-state index in [1.54, 1.807) is 14.2 Å². The van der Waals surface area contributed by atoms with Gasteiger partial charge in [0, 0.05) is 0 Å². The largest absolute Gasteiger partial charge is 0.497 e. The maximum atomic E-state index is 5.88. The van der Waals surface area contributed by atoms with Gasteiger partial charge in [0.1, 0.15) is 11.5 Å². The summed E-state index contributed by atoms with van der Waals surface area (Å²) in [4.78, 5) is 0. The van der Waals surface area contributed by atoms with Crippen LogP contribution in [0.1, 0.15) is 25.0 Å². The van der Waals surface area contributed by atoms with Crippen molar-refractivity contribution in [2.75, 3.05) is 14.2 Å². The minimum atomic E-state index is 0.687. The standard InChI is InChI=1S/C9H11ClO.C9H12O/c1-3-7-4-5-9(11-2)8(10)6-7;1-3-8-4-6-9(10-2)7-5-8/h4-6H,3H2,1-2H3;4-7H,3H2,1-2H3. The third kappa shape index (κ3) is 5.68. The number of hydrogen-bond donors (Lipinski definition) is 0. The summed E-state index contributed by atoms with van der Waals surface area (Å²) in [6, 6.07) is 14.0. The average Bonchev–Trinajstić information content (AvgIpc) is 2.55. The maximum Gasteiger partial charge on any atom is 0.137 e. The molecule has 0 radical (unpaired) electrons. The van der Waals surface area contributed by atoms with Crippen LogP contribution in [0.5, 0.6) is 11.5 Å². The molecule has 0 atom stereocenters. The zero-order valence-corrected chi connectivity index (χ0v) is 13.9. The van der Waals surface area contributed by atoms with Gasteiger partial charge in [-0.15, -0.1) is 0 Å². The molecule has 2 nitrogen and oxygen atoms in total. The van der Waals surface area contributed by atoms with Gasteiger partial charge in [-0.3, -0.25) is 0 Å². The monoisotopic (exact) mass is 306 g/mol. The summed E-state index contributed by atoms with van der Waals surface area (Å²) in [7, 11) is 3.30. The van der Waals surface area contributed by atoms with E-state index in [2.05, 4.69) is 26.0 Å². The Morgan fingerprint density at radius 1 is 0.810 bits per heavy atom.